The van der Waals surface area contributed by atoms with Crippen LogP contribution in [0.5, 0.6) is 5.75 Å². The summed E-state index contributed by atoms with van der Waals surface area (Å²) in [5.41, 5.74) is 8.81. The Morgan fingerprint density at radius 1 is 1.22 bits per heavy atom. The summed E-state index contributed by atoms with van der Waals surface area (Å²) in [5.74, 6) is -0.761. The van der Waals surface area contributed by atoms with E-state index in [1.165, 1.54) is 36.9 Å². The summed E-state index contributed by atoms with van der Waals surface area (Å²) in [7, 11) is -2.89. The van der Waals surface area contributed by atoms with E-state index < -0.39 is 20.6 Å². The summed E-state index contributed by atoms with van der Waals surface area (Å²) in [6, 6.07) is 12.7. The first-order valence-electron chi connectivity index (χ1n) is 8.00. The van der Waals surface area contributed by atoms with Crippen molar-refractivity contribution in [2.24, 2.45) is 5.73 Å². The number of hydroxylamine groups is 1. The summed E-state index contributed by atoms with van der Waals surface area (Å²) >= 11 is 0. The first kappa shape index (κ1) is 18.9. The zero-order valence-corrected chi connectivity index (χ0v) is 15.3. The molecular weight excluding hydrogens is 370 g/mol. The third-order valence-corrected chi connectivity index (χ3v) is 6.64. The second kappa shape index (κ2) is 7.03. The van der Waals surface area contributed by atoms with Crippen LogP contribution in [0.3, 0.4) is 0 Å². The highest BCUT2D eigenvalue weighted by molar-refractivity contribution is 7.93. The maximum absolute atomic E-state index is 13.2. The van der Waals surface area contributed by atoms with Gasteiger partial charge in [0.2, 0.25) is 14.7 Å². The molecule has 5 N–H and O–H groups in total. The predicted molar refractivity (Wildman–Crippen MR) is 99.0 cm³/mol. The van der Waals surface area contributed by atoms with Gasteiger partial charge in [-0.3, -0.25) is 10.0 Å². The van der Waals surface area contributed by atoms with E-state index in [9.17, 15) is 13.2 Å². The van der Waals surface area contributed by atoms with Gasteiger partial charge in [-0.2, -0.15) is 0 Å². The number of hydrogen-bond donors (Lipinski definition) is 4. The molecule has 1 heterocycles. The standard InChI is InChI=1S/C18H19N3O5S/c1-26-13-6-8-14(9-7-13)27(24,25)18(19,17(22)21-23)10-12-11-20-16-5-3-2-4-15(12)16/h2-9,11,20,23H,10,19H2,1H3,(H,21,22)/t18-/m1/s1. The summed E-state index contributed by atoms with van der Waals surface area (Å²) in [6.45, 7) is 0. The van der Waals surface area contributed by atoms with E-state index in [4.69, 9.17) is 15.7 Å². The number of carbonyl (C=O) groups is 1. The Hall–Kier alpha value is -2.88. The highest BCUT2D eigenvalue weighted by Gasteiger charge is 2.48. The van der Waals surface area contributed by atoms with Gasteiger partial charge in [0.25, 0.3) is 5.91 Å². The molecule has 0 saturated heterocycles. The fourth-order valence-corrected chi connectivity index (χ4v) is 4.47. The molecule has 0 unspecified atom stereocenters. The summed E-state index contributed by atoms with van der Waals surface area (Å²) in [6.07, 6.45) is 1.26. The van der Waals surface area contributed by atoms with Gasteiger partial charge < -0.3 is 15.5 Å². The minimum atomic E-state index is -4.35. The van der Waals surface area contributed by atoms with Crippen molar-refractivity contribution in [2.45, 2.75) is 16.2 Å². The number of aromatic nitrogens is 1. The minimum absolute atomic E-state index is 0.158. The number of aromatic amines is 1. The average molecular weight is 389 g/mol. The molecular formula is C18H19N3O5S. The molecule has 8 nitrogen and oxygen atoms in total. The van der Waals surface area contributed by atoms with E-state index in [1.807, 2.05) is 12.1 Å². The van der Waals surface area contributed by atoms with E-state index in [1.54, 1.807) is 18.3 Å². The molecule has 142 valence electrons. The maximum atomic E-state index is 13.2. The predicted octanol–water partition coefficient (Wildman–Crippen LogP) is 1.35. The van der Waals surface area contributed by atoms with Gasteiger partial charge in [0.1, 0.15) is 5.75 Å². The van der Waals surface area contributed by atoms with Crippen molar-refractivity contribution in [1.82, 2.24) is 10.5 Å². The van der Waals surface area contributed by atoms with Crippen molar-refractivity contribution in [3.8, 4) is 5.75 Å². The van der Waals surface area contributed by atoms with Gasteiger partial charge in [-0.1, -0.05) is 18.2 Å². The van der Waals surface area contributed by atoms with Crippen LogP contribution in [0.4, 0.5) is 0 Å². The largest absolute Gasteiger partial charge is 0.497 e. The highest BCUT2D eigenvalue weighted by atomic mass is 32.2. The number of methoxy groups -OCH3 is 1. The van der Waals surface area contributed by atoms with Crippen molar-refractivity contribution >= 4 is 26.6 Å². The quantitative estimate of drug-likeness (QED) is 0.371. The number of nitrogens with one attached hydrogen (secondary N) is 2. The molecule has 3 rings (SSSR count). The monoisotopic (exact) mass is 389 g/mol. The highest BCUT2D eigenvalue weighted by Crippen LogP contribution is 2.29. The van der Waals surface area contributed by atoms with Gasteiger partial charge in [0.15, 0.2) is 0 Å². The molecule has 0 fully saturated rings. The third-order valence-electron chi connectivity index (χ3n) is 4.46. The first-order chi connectivity index (χ1) is 12.8. The zero-order chi connectivity index (χ0) is 19.7. The first-order valence-corrected chi connectivity index (χ1v) is 9.49. The van der Waals surface area contributed by atoms with Crippen LogP contribution in [0.2, 0.25) is 0 Å². The second-order valence-corrected chi connectivity index (χ2v) is 8.25. The van der Waals surface area contributed by atoms with E-state index in [2.05, 4.69) is 4.98 Å². The molecule has 0 aliphatic heterocycles. The summed E-state index contributed by atoms with van der Waals surface area (Å²) in [4.78, 5) is 12.8. The number of H-pyrrole nitrogens is 1. The number of carbonyl (C=O) groups excluding carboxylic acids is 1. The van der Waals surface area contributed by atoms with Gasteiger partial charge in [-0.25, -0.2) is 13.9 Å². The van der Waals surface area contributed by atoms with Gasteiger partial charge in [-0.15, -0.1) is 0 Å². The zero-order valence-electron chi connectivity index (χ0n) is 14.5. The van der Waals surface area contributed by atoms with Crippen LogP contribution >= 0.6 is 0 Å². The van der Waals surface area contributed by atoms with Crippen LogP contribution in [0.1, 0.15) is 5.56 Å². The Bertz CT molecular complexity index is 1080. The molecule has 0 radical (unpaired) electrons. The van der Waals surface area contributed by atoms with Crippen molar-refractivity contribution in [3.63, 3.8) is 0 Å². The van der Waals surface area contributed by atoms with Gasteiger partial charge in [0, 0.05) is 23.5 Å². The number of nitrogens with two attached hydrogens (primary N) is 1. The third kappa shape index (κ3) is 3.16. The Labute approximate surface area is 155 Å². The molecule has 3 aromatic rings. The fourth-order valence-electron chi connectivity index (χ4n) is 2.92. The molecule has 0 bridgehead atoms. The molecule has 27 heavy (non-hydrogen) atoms. The molecule has 2 aromatic carbocycles. The Balaban J connectivity index is 2.09. The van der Waals surface area contributed by atoms with E-state index in [-0.39, 0.29) is 11.3 Å². The molecule has 0 aliphatic carbocycles. The minimum Gasteiger partial charge on any atom is -0.497 e. The van der Waals surface area contributed by atoms with Gasteiger partial charge in [0.05, 0.1) is 12.0 Å². The normalized spacial score (nSPS) is 13.9. The van der Waals surface area contributed by atoms with Crippen LogP contribution in [0, 0.1) is 0 Å². The number of sulfone groups is 1. The van der Waals surface area contributed by atoms with Crippen LogP contribution in [0.25, 0.3) is 10.9 Å². The Kier molecular flexibility index (Phi) is 4.92. The van der Waals surface area contributed by atoms with Crippen molar-refractivity contribution in [1.29, 1.82) is 0 Å². The lowest BCUT2D eigenvalue weighted by atomic mass is 10.0. The lowest BCUT2D eigenvalue weighted by molar-refractivity contribution is -0.131. The Morgan fingerprint density at radius 2 is 1.89 bits per heavy atom. The van der Waals surface area contributed by atoms with Crippen molar-refractivity contribution < 1.29 is 23.2 Å². The maximum Gasteiger partial charge on any atom is 0.279 e. The average Bonchev–Trinajstić information content (AvgIpc) is 3.09. The molecule has 0 saturated carbocycles. The Morgan fingerprint density at radius 3 is 2.52 bits per heavy atom. The van der Waals surface area contributed by atoms with Gasteiger partial charge in [-0.05, 0) is 35.9 Å². The number of amides is 1. The van der Waals surface area contributed by atoms with Crippen molar-refractivity contribution in [3.05, 3.63) is 60.3 Å². The number of fused-ring (bicyclic) bond motifs is 1. The number of rotatable bonds is 6. The lowest BCUT2D eigenvalue weighted by Crippen LogP contribution is -2.60. The second-order valence-electron chi connectivity index (χ2n) is 6.05. The molecule has 0 spiro atoms. The molecule has 1 aromatic heterocycles. The van der Waals surface area contributed by atoms with Crippen LogP contribution < -0.4 is 16.0 Å². The topological polar surface area (TPSA) is 135 Å². The summed E-state index contributed by atoms with van der Waals surface area (Å²) < 4.78 is 31.4. The smallest absolute Gasteiger partial charge is 0.279 e. The van der Waals surface area contributed by atoms with Crippen molar-refractivity contribution in [2.75, 3.05) is 7.11 Å². The number of hydrogen-bond acceptors (Lipinski definition) is 6. The van der Waals surface area contributed by atoms with E-state index in [0.29, 0.717) is 11.3 Å². The number of benzene rings is 2. The van der Waals surface area contributed by atoms with E-state index >= 15 is 0 Å². The van der Waals surface area contributed by atoms with Gasteiger partial charge >= 0.3 is 0 Å². The van der Waals surface area contributed by atoms with Crippen LogP contribution in [-0.4, -0.2) is 36.5 Å². The number of ether oxygens (including phenoxy) is 1. The number of para-hydroxylation sites is 1. The molecule has 1 atom stereocenters. The van der Waals surface area contributed by atoms with Crippen LogP contribution in [-0.2, 0) is 21.1 Å². The molecule has 9 heteroatoms. The van der Waals surface area contributed by atoms with E-state index in [0.717, 1.165) is 10.9 Å². The van der Waals surface area contributed by atoms with Crippen LogP contribution in [0.15, 0.2) is 59.6 Å². The summed E-state index contributed by atoms with van der Waals surface area (Å²) in [5, 5.41) is 9.87. The SMILES string of the molecule is COc1ccc(S(=O)(=O)[C@](N)(Cc2c[nH]c3ccccc23)C(=O)NO)cc1. The lowest BCUT2D eigenvalue weighted by Gasteiger charge is -2.27. The molecule has 0 aliphatic rings. The molecule has 1 amide bonds. The fraction of sp³-hybridized carbons (Fsp3) is 0.167.